The zero-order valence-electron chi connectivity index (χ0n) is 11.8. The van der Waals surface area contributed by atoms with Crippen LogP contribution in [0, 0.1) is 5.92 Å². The van der Waals surface area contributed by atoms with Crippen LogP contribution in [0.25, 0.3) is 0 Å². The highest BCUT2D eigenvalue weighted by Crippen LogP contribution is 2.18. The van der Waals surface area contributed by atoms with Crippen LogP contribution in [0.4, 0.5) is 0 Å². The smallest absolute Gasteiger partial charge is 0.338 e. The van der Waals surface area contributed by atoms with Crippen molar-refractivity contribution >= 4 is 16.0 Å². The summed E-state index contributed by atoms with van der Waals surface area (Å²) in [7, 11) is -2.49. The van der Waals surface area contributed by atoms with Crippen LogP contribution in [0.2, 0.25) is 0 Å². The average Bonchev–Trinajstić information content (AvgIpc) is 2.35. The van der Waals surface area contributed by atoms with E-state index < -0.39 is 16.0 Å². The summed E-state index contributed by atoms with van der Waals surface area (Å²) in [5, 5.41) is 5.14. The number of primary sulfonamides is 1. The second kappa shape index (κ2) is 6.83. The predicted molar refractivity (Wildman–Crippen MR) is 73.6 cm³/mol. The molecule has 7 heteroatoms. The van der Waals surface area contributed by atoms with E-state index >= 15 is 0 Å². The molecule has 0 radical (unpaired) electrons. The zero-order valence-corrected chi connectivity index (χ0v) is 12.6. The van der Waals surface area contributed by atoms with E-state index in [1.165, 1.54) is 25.3 Å². The van der Waals surface area contributed by atoms with Crippen molar-refractivity contribution < 1.29 is 22.7 Å². The molecule has 0 heterocycles. The van der Waals surface area contributed by atoms with Gasteiger partial charge in [-0.05, 0) is 23.6 Å². The van der Waals surface area contributed by atoms with Crippen molar-refractivity contribution in [3.63, 3.8) is 0 Å². The minimum Gasteiger partial charge on any atom is -0.462 e. The Hall–Kier alpha value is -1.44. The number of rotatable bonds is 6. The van der Waals surface area contributed by atoms with Crippen molar-refractivity contribution in [1.82, 2.24) is 0 Å². The fourth-order valence-corrected chi connectivity index (χ4v) is 2.33. The van der Waals surface area contributed by atoms with Gasteiger partial charge in [-0.1, -0.05) is 19.9 Å². The normalized spacial score (nSPS) is 11.7. The maximum absolute atomic E-state index is 11.8. The molecule has 0 aromatic heterocycles. The van der Waals surface area contributed by atoms with Gasteiger partial charge in [-0.25, -0.2) is 18.4 Å². The van der Waals surface area contributed by atoms with Gasteiger partial charge in [0.2, 0.25) is 10.0 Å². The largest absolute Gasteiger partial charge is 0.462 e. The highest BCUT2D eigenvalue weighted by molar-refractivity contribution is 7.89. The Labute approximate surface area is 118 Å². The Kier molecular flexibility index (Phi) is 5.67. The van der Waals surface area contributed by atoms with Crippen LogP contribution in [0.15, 0.2) is 23.1 Å². The summed E-state index contributed by atoms with van der Waals surface area (Å²) in [6.07, 6.45) is 0. The number of hydrogen-bond acceptors (Lipinski definition) is 5. The summed E-state index contributed by atoms with van der Waals surface area (Å²) in [6, 6.07) is 4.20. The zero-order chi connectivity index (χ0) is 15.3. The quantitative estimate of drug-likeness (QED) is 0.799. The molecule has 1 aromatic rings. The van der Waals surface area contributed by atoms with Crippen molar-refractivity contribution in [2.45, 2.75) is 25.3 Å². The summed E-state index contributed by atoms with van der Waals surface area (Å²) >= 11 is 0. The van der Waals surface area contributed by atoms with E-state index in [1.54, 1.807) is 0 Å². The average molecular weight is 301 g/mol. The van der Waals surface area contributed by atoms with Crippen molar-refractivity contribution in [2.75, 3.05) is 13.7 Å². The maximum Gasteiger partial charge on any atom is 0.338 e. The van der Waals surface area contributed by atoms with Crippen LogP contribution in [0.1, 0.15) is 29.8 Å². The minimum absolute atomic E-state index is 0.0904. The SMILES string of the molecule is COCc1ccc(C(=O)OCC(C)C)cc1S(N)(=O)=O. The lowest BCUT2D eigenvalue weighted by Gasteiger charge is -2.10. The Morgan fingerprint density at radius 2 is 2.00 bits per heavy atom. The molecule has 0 aliphatic carbocycles. The minimum atomic E-state index is -3.93. The fourth-order valence-electron chi connectivity index (χ4n) is 1.55. The number of methoxy groups -OCH3 is 1. The predicted octanol–water partition coefficient (Wildman–Crippen LogP) is 1.29. The Morgan fingerprint density at radius 1 is 1.35 bits per heavy atom. The molecule has 20 heavy (non-hydrogen) atoms. The Bertz CT molecular complexity index is 580. The molecule has 0 fully saturated rings. The Morgan fingerprint density at radius 3 is 2.50 bits per heavy atom. The molecule has 1 aromatic carbocycles. The van der Waals surface area contributed by atoms with Crippen LogP contribution >= 0.6 is 0 Å². The van der Waals surface area contributed by atoms with Crippen molar-refractivity contribution in [3.8, 4) is 0 Å². The molecular weight excluding hydrogens is 282 g/mol. The molecule has 0 saturated heterocycles. The van der Waals surface area contributed by atoms with Gasteiger partial charge in [0.15, 0.2) is 0 Å². The molecule has 2 N–H and O–H groups in total. The summed E-state index contributed by atoms with van der Waals surface area (Å²) in [5.41, 5.74) is 0.546. The molecule has 0 spiro atoms. The number of sulfonamides is 1. The van der Waals surface area contributed by atoms with E-state index in [9.17, 15) is 13.2 Å². The van der Waals surface area contributed by atoms with E-state index in [1.807, 2.05) is 13.8 Å². The number of hydrogen-bond donors (Lipinski definition) is 1. The monoisotopic (exact) mass is 301 g/mol. The third-order valence-electron chi connectivity index (χ3n) is 2.46. The van der Waals surface area contributed by atoms with Crippen LogP contribution in [-0.4, -0.2) is 28.1 Å². The van der Waals surface area contributed by atoms with Crippen LogP contribution < -0.4 is 5.14 Å². The number of nitrogens with two attached hydrogens (primary N) is 1. The fraction of sp³-hybridized carbons (Fsp3) is 0.462. The van der Waals surface area contributed by atoms with Gasteiger partial charge >= 0.3 is 5.97 Å². The second-order valence-electron chi connectivity index (χ2n) is 4.79. The lowest BCUT2D eigenvalue weighted by Crippen LogP contribution is -2.17. The first-order valence-corrected chi connectivity index (χ1v) is 7.62. The van der Waals surface area contributed by atoms with Gasteiger partial charge in [-0.3, -0.25) is 0 Å². The molecule has 112 valence electrons. The van der Waals surface area contributed by atoms with Gasteiger partial charge in [0, 0.05) is 7.11 Å². The lowest BCUT2D eigenvalue weighted by atomic mass is 10.1. The molecule has 0 aliphatic heterocycles. The number of carbonyl (C=O) groups is 1. The third-order valence-corrected chi connectivity index (χ3v) is 3.45. The van der Waals surface area contributed by atoms with Crippen LogP contribution in [0.3, 0.4) is 0 Å². The molecule has 6 nitrogen and oxygen atoms in total. The second-order valence-corrected chi connectivity index (χ2v) is 6.32. The van der Waals surface area contributed by atoms with Crippen molar-refractivity contribution in [3.05, 3.63) is 29.3 Å². The van der Waals surface area contributed by atoms with Gasteiger partial charge in [0.1, 0.15) is 0 Å². The van der Waals surface area contributed by atoms with Gasteiger partial charge in [-0.15, -0.1) is 0 Å². The van der Waals surface area contributed by atoms with Crippen LogP contribution in [0.5, 0.6) is 0 Å². The third kappa shape index (κ3) is 4.59. The molecular formula is C13H19NO5S. The Balaban J connectivity index is 3.10. The standard InChI is InChI=1S/C13H19NO5S/c1-9(2)7-19-13(15)10-4-5-11(8-18-3)12(6-10)20(14,16)17/h4-6,9H,7-8H2,1-3H3,(H2,14,16,17). The van der Waals surface area contributed by atoms with Crippen LogP contribution in [-0.2, 0) is 26.1 Å². The van der Waals surface area contributed by atoms with E-state index in [-0.39, 0.29) is 29.6 Å². The first kappa shape index (κ1) is 16.6. The number of esters is 1. The van der Waals surface area contributed by atoms with Gasteiger partial charge in [0.05, 0.1) is 23.7 Å². The maximum atomic E-state index is 11.8. The lowest BCUT2D eigenvalue weighted by molar-refractivity contribution is 0.0458. The number of carbonyl (C=O) groups excluding carboxylic acids is 1. The summed E-state index contributed by atoms with van der Waals surface area (Å²) in [4.78, 5) is 11.7. The van der Waals surface area contributed by atoms with Gasteiger partial charge in [-0.2, -0.15) is 0 Å². The molecule has 0 unspecified atom stereocenters. The number of ether oxygens (including phenoxy) is 2. The molecule has 0 bridgehead atoms. The van der Waals surface area contributed by atoms with Gasteiger partial charge in [0.25, 0.3) is 0 Å². The van der Waals surface area contributed by atoms with E-state index in [0.717, 1.165) is 0 Å². The first-order valence-electron chi connectivity index (χ1n) is 6.07. The number of benzene rings is 1. The summed E-state index contributed by atoms with van der Waals surface area (Å²) in [5.74, 6) is -0.378. The molecule has 1 rings (SSSR count). The van der Waals surface area contributed by atoms with Gasteiger partial charge < -0.3 is 9.47 Å². The highest BCUT2D eigenvalue weighted by atomic mass is 32.2. The topological polar surface area (TPSA) is 95.7 Å². The van der Waals surface area contributed by atoms with E-state index in [0.29, 0.717) is 5.56 Å². The summed E-state index contributed by atoms with van der Waals surface area (Å²) < 4.78 is 33.0. The molecule has 0 atom stereocenters. The molecule has 0 aliphatic rings. The van der Waals surface area contributed by atoms with Crippen molar-refractivity contribution in [1.29, 1.82) is 0 Å². The van der Waals surface area contributed by atoms with E-state index in [4.69, 9.17) is 14.6 Å². The highest BCUT2D eigenvalue weighted by Gasteiger charge is 2.18. The van der Waals surface area contributed by atoms with E-state index in [2.05, 4.69) is 0 Å². The molecule has 0 saturated carbocycles. The van der Waals surface area contributed by atoms with Crippen molar-refractivity contribution in [2.24, 2.45) is 11.1 Å². The summed E-state index contributed by atoms with van der Waals surface area (Å²) in [6.45, 7) is 4.17. The first-order chi connectivity index (χ1) is 9.25. The molecule has 0 amide bonds.